The molecule has 0 aromatic rings. The van der Waals surface area contributed by atoms with Crippen LogP contribution >= 0.6 is 0 Å². The molecule has 0 aliphatic heterocycles. The van der Waals surface area contributed by atoms with Crippen molar-refractivity contribution >= 4 is 8.07 Å². The molecule has 0 bridgehead atoms. The van der Waals surface area contributed by atoms with Crippen LogP contribution < -0.4 is 0 Å². The van der Waals surface area contributed by atoms with Crippen molar-refractivity contribution in [2.24, 2.45) is 0 Å². The second-order valence-electron chi connectivity index (χ2n) is 3.37. The summed E-state index contributed by atoms with van der Waals surface area (Å²) in [4.78, 5) is 0. The first kappa shape index (κ1) is 9.22. The summed E-state index contributed by atoms with van der Waals surface area (Å²) in [6.45, 7) is 9.50. The van der Waals surface area contributed by atoms with E-state index in [2.05, 4.69) is 27.7 Å². The maximum atomic E-state index is 2.38. The third-order valence-corrected chi connectivity index (χ3v) is 10.4. The minimum atomic E-state index is -0.963. The predicted octanol–water partition coefficient (Wildman–Crippen LogP) is 3.25. The molecule has 0 N–H and O–H groups in total. The first-order valence-corrected chi connectivity index (χ1v) is 7.73. The Morgan fingerprint density at radius 3 is 0.889 bits per heavy atom. The molecule has 9 heavy (non-hydrogen) atoms. The van der Waals surface area contributed by atoms with E-state index < -0.39 is 8.07 Å². The molecule has 0 fully saturated rings. The van der Waals surface area contributed by atoms with Crippen molar-refractivity contribution < 1.29 is 0 Å². The molecule has 0 nitrogen and oxygen atoms in total. The van der Waals surface area contributed by atoms with Gasteiger partial charge in [-0.2, -0.15) is 0 Å². The predicted molar refractivity (Wildman–Crippen MR) is 49.1 cm³/mol. The van der Waals surface area contributed by atoms with Crippen LogP contribution in [-0.2, 0) is 0 Å². The summed E-state index contributed by atoms with van der Waals surface area (Å²) < 4.78 is 0. The zero-order chi connectivity index (χ0) is 7.33. The molecule has 58 valence electrons. The summed E-state index contributed by atoms with van der Waals surface area (Å²) in [7, 11) is -0.963. The fourth-order valence-electron chi connectivity index (χ4n) is 1.73. The first-order valence-electron chi connectivity index (χ1n) is 4.46. The van der Waals surface area contributed by atoms with Crippen LogP contribution in [0.25, 0.3) is 0 Å². The van der Waals surface area contributed by atoms with E-state index >= 15 is 0 Å². The molecular weight excluding hydrogens is 124 g/mol. The summed E-state index contributed by atoms with van der Waals surface area (Å²) in [5, 5.41) is 0. The van der Waals surface area contributed by atoms with Crippen LogP contribution in [0, 0.1) is 0 Å². The van der Waals surface area contributed by atoms with Crippen LogP contribution in [0.15, 0.2) is 0 Å². The van der Waals surface area contributed by atoms with Crippen molar-refractivity contribution in [3.8, 4) is 0 Å². The number of hydrogen-bond donors (Lipinski definition) is 0. The molecule has 1 heteroatoms. The van der Waals surface area contributed by atoms with Gasteiger partial charge < -0.3 is 0 Å². The van der Waals surface area contributed by atoms with E-state index in [9.17, 15) is 0 Å². The summed E-state index contributed by atoms with van der Waals surface area (Å²) in [5.41, 5.74) is 0. The normalized spacial score (nSPS) is 13.8. The Balaban J connectivity index is 3.82. The summed E-state index contributed by atoms with van der Waals surface area (Å²) in [6.07, 6.45) is 0. The Morgan fingerprint density at radius 1 is 0.667 bits per heavy atom. The van der Waals surface area contributed by atoms with Gasteiger partial charge in [-0.15, -0.1) is 0 Å². The van der Waals surface area contributed by atoms with E-state index in [1.807, 2.05) is 0 Å². The number of hydrogen-bond acceptors (Lipinski definition) is 0. The molecule has 0 aromatic heterocycles. The van der Waals surface area contributed by atoms with Crippen LogP contribution in [0.2, 0.25) is 24.2 Å². The third kappa shape index (κ3) is 2.13. The molecule has 0 heterocycles. The Bertz CT molecular complexity index is 47.5. The van der Waals surface area contributed by atoms with Gasteiger partial charge in [-0.3, -0.25) is 0 Å². The Morgan fingerprint density at radius 2 is 0.889 bits per heavy atom. The van der Waals surface area contributed by atoms with E-state index in [1.165, 1.54) is 24.2 Å². The fraction of sp³-hybridized carbons (Fsp3) is 1.00. The van der Waals surface area contributed by atoms with Gasteiger partial charge in [0, 0.05) is 0 Å². The minimum absolute atomic E-state index is 0.963. The van der Waals surface area contributed by atoms with Gasteiger partial charge in [0.15, 0.2) is 0 Å². The van der Waals surface area contributed by atoms with Gasteiger partial charge in [0.2, 0.25) is 0 Å². The molecule has 0 amide bonds. The van der Waals surface area contributed by atoms with Gasteiger partial charge in [-0.1, -0.05) is 0 Å². The van der Waals surface area contributed by atoms with Crippen molar-refractivity contribution in [2.45, 2.75) is 51.9 Å². The van der Waals surface area contributed by atoms with E-state index in [0.29, 0.717) is 0 Å². The van der Waals surface area contributed by atoms with Crippen molar-refractivity contribution in [1.29, 1.82) is 0 Å². The van der Waals surface area contributed by atoms with Crippen LogP contribution in [0.1, 0.15) is 27.7 Å². The molecule has 0 aromatic carbocycles. The Kier molecular flexibility index (Phi) is 4.20. The van der Waals surface area contributed by atoms with Crippen LogP contribution in [0.5, 0.6) is 0 Å². The SMILES string of the molecule is CC[SiH-](CC)(CC)CC. The van der Waals surface area contributed by atoms with Gasteiger partial charge in [0.1, 0.15) is 0 Å². The molecule has 0 aliphatic rings. The van der Waals surface area contributed by atoms with Crippen LogP contribution in [0.3, 0.4) is 0 Å². The zero-order valence-corrected chi connectivity index (χ0v) is 8.56. The van der Waals surface area contributed by atoms with Crippen molar-refractivity contribution in [1.82, 2.24) is 0 Å². The second kappa shape index (κ2) is 4.10. The molecule has 0 atom stereocenters. The fourth-order valence-corrected chi connectivity index (χ4v) is 5.20. The summed E-state index contributed by atoms with van der Waals surface area (Å²) in [6, 6.07) is 6.04. The van der Waals surface area contributed by atoms with E-state index in [0.717, 1.165) is 0 Å². The maximum absolute atomic E-state index is 2.38. The van der Waals surface area contributed by atoms with Gasteiger partial charge in [0.25, 0.3) is 0 Å². The topological polar surface area (TPSA) is 0 Å². The van der Waals surface area contributed by atoms with Gasteiger partial charge in [-0.25, -0.2) is 0 Å². The third-order valence-electron chi connectivity index (χ3n) is 3.46. The van der Waals surface area contributed by atoms with E-state index in [4.69, 9.17) is 0 Å². The van der Waals surface area contributed by atoms with Crippen LogP contribution in [-0.4, -0.2) is 8.07 Å². The molecule has 0 unspecified atom stereocenters. The second-order valence-corrected chi connectivity index (χ2v) is 10.1. The van der Waals surface area contributed by atoms with E-state index in [-0.39, 0.29) is 0 Å². The van der Waals surface area contributed by atoms with Crippen molar-refractivity contribution in [2.75, 3.05) is 0 Å². The van der Waals surface area contributed by atoms with E-state index in [1.54, 1.807) is 0 Å². The summed E-state index contributed by atoms with van der Waals surface area (Å²) in [5.74, 6) is 0. The molecule has 0 radical (unpaired) electrons. The van der Waals surface area contributed by atoms with Crippen LogP contribution in [0.4, 0.5) is 0 Å². The Hall–Kier alpha value is 0.217. The average Bonchev–Trinajstić information content (AvgIpc) is 1.95. The van der Waals surface area contributed by atoms with Gasteiger partial charge >= 0.3 is 59.9 Å². The monoisotopic (exact) mass is 145 g/mol. The standard InChI is InChI=1S/C8H21Si/c1-5-9(6-2,7-3)8-4/h9H,5-8H2,1-4H3/q-1. The molecule has 0 saturated carbocycles. The van der Waals surface area contributed by atoms with Crippen molar-refractivity contribution in [3.63, 3.8) is 0 Å². The first-order chi connectivity index (χ1) is 4.24. The summed E-state index contributed by atoms with van der Waals surface area (Å²) >= 11 is 0. The quantitative estimate of drug-likeness (QED) is 0.533. The molecular formula is C8H21Si-. The molecule has 0 rings (SSSR count). The molecule has 0 spiro atoms. The molecule has 0 saturated heterocycles. The average molecular weight is 145 g/mol. The van der Waals surface area contributed by atoms with Crippen molar-refractivity contribution in [3.05, 3.63) is 0 Å². The Labute approximate surface area is 60.7 Å². The molecule has 0 aliphatic carbocycles. The van der Waals surface area contributed by atoms with Gasteiger partial charge in [-0.05, 0) is 0 Å². The van der Waals surface area contributed by atoms with Gasteiger partial charge in [0.05, 0.1) is 0 Å². The zero-order valence-electron chi connectivity index (χ0n) is 7.41. The number of rotatable bonds is 4.